The molecule has 0 radical (unpaired) electrons. The number of anilines is 1. The van der Waals surface area contributed by atoms with Crippen molar-refractivity contribution in [3.63, 3.8) is 0 Å². The molecule has 1 rings (SSSR count). The molecule has 112 valence electrons. The van der Waals surface area contributed by atoms with Crippen molar-refractivity contribution in [2.24, 2.45) is 5.73 Å². The zero-order chi connectivity index (χ0) is 15.2. The first-order chi connectivity index (χ1) is 9.31. The molecule has 0 saturated carbocycles. The number of halogens is 4. The van der Waals surface area contributed by atoms with Crippen LogP contribution in [0, 0.1) is 0 Å². The molecule has 0 atom stereocenters. The number of carbonyl (C=O) groups is 1. The molecule has 20 heavy (non-hydrogen) atoms. The zero-order valence-corrected chi connectivity index (χ0v) is 12.1. The summed E-state index contributed by atoms with van der Waals surface area (Å²) in [5.74, 6) is -0.575. The molecule has 8 heteroatoms. The smallest absolute Gasteiger partial charge is 0.405 e. The standard InChI is InChI=1S/C12H14BrF3N2O2/c13-9-7-8(18-11(19)3-1-2-6-17)4-5-10(9)20-12(14,15)16/h4-5,7H,1-3,6,17H2,(H,18,19). The topological polar surface area (TPSA) is 64.4 Å². The van der Waals surface area contributed by atoms with Crippen LogP contribution in [0.5, 0.6) is 5.75 Å². The number of nitrogens with one attached hydrogen (secondary N) is 1. The first-order valence-electron chi connectivity index (χ1n) is 5.87. The lowest BCUT2D eigenvalue weighted by atomic mass is 10.2. The van der Waals surface area contributed by atoms with Crippen molar-refractivity contribution < 1.29 is 22.7 Å². The Kier molecular flexibility index (Phi) is 6.28. The highest BCUT2D eigenvalue weighted by atomic mass is 79.9. The highest BCUT2D eigenvalue weighted by Crippen LogP contribution is 2.32. The Balaban J connectivity index is 2.61. The molecule has 0 saturated heterocycles. The maximum Gasteiger partial charge on any atom is 0.573 e. The van der Waals surface area contributed by atoms with E-state index in [2.05, 4.69) is 26.0 Å². The van der Waals surface area contributed by atoms with Gasteiger partial charge >= 0.3 is 6.36 Å². The second kappa shape index (κ2) is 7.49. The second-order valence-electron chi connectivity index (χ2n) is 3.99. The lowest BCUT2D eigenvalue weighted by Crippen LogP contribution is -2.17. The first-order valence-corrected chi connectivity index (χ1v) is 6.66. The fraction of sp³-hybridized carbons (Fsp3) is 0.417. The normalized spacial score (nSPS) is 11.2. The molecule has 4 nitrogen and oxygen atoms in total. The van der Waals surface area contributed by atoms with Gasteiger partial charge in [0.25, 0.3) is 0 Å². The molecular weight excluding hydrogens is 341 g/mol. The number of unbranched alkanes of at least 4 members (excludes halogenated alkanes) is 1. The van der Waals surface area contributed by atoms with Crippen LogP contribution >= 0.6 is 15.9 Å². The maximum atomic E-state index is 12.1. The van der Waals surface area contributed by atoms with Crippen molar-refractivity contribution in [3.8, 4) is 5.75 Å². The quantitative estimate of drug-likeness (QED) is 0.769. The molecule has 1 aromatic carbocycles. The van der Waals surface area contributed by atoms with Crippen LogP contribution in [0.25, 0.3) is 0 Å². The highest BCUT2D eigenvalue weighted by molar-refractivity contribution is 9.10. The van der Waals surface area contributed by atoms with Crippen LogP contribution in [-0.2, 0) is 4.79 Å². The average Bonchev–Trinajstić information content (AvgIpc) is 2.31. The SMILES string of the molecule is NCCCCC(=O)Nc1ccc(OC(F)(F)F)c(Br)c1. The van der Waals surface area contributed by atoms with Gasteiger partial charge in [-0.15, -0.1) is 13.2 Å². The van der Waals surface area contributed by atoms with Gasteiger partial charge < -0.3 is 15.8 Å². The minimum absolute atomic E-state index is 0.106. The van der Waals surface area contributed by atoms with Gasteiger partial charge in [0.05, 0.1) is 4.47 Å². The maximum absolute atomic E-state index is 12.1. The Morgan fingerprint density at radius 1 is 1.35 bits per heavy atom. The summed E-state index contributed by atoms with van der Waals surface area (Å²) in [7, 11) is 0. The molecule has 0 bridgehead atoms. The third kappa shape index (κ3) is 6.25. The Morgan fingerprint density at radius 2 is 2.05 bits per heavy atom. The van der Waals surface area contributed by atoms with Gasteiger partial charge in [-0.25, -0.2) is 0 Å². The van der Waals surface area contributed by atoms with Crippen molar-refractivity contribution in [2.45, 2.75) is 25.6 Å². The zero-order valence-electron chi connectivity index (χ0n) is 10.5. The van der Waals surface area contributed by atoms with E-state index >= 15 is 0 Å². The molecule has 0 unspecified atom stereocenters. The number of benzene rings is 1. The summed E-state index contributed by atoms with van der Waals surface area (Å²) in [6, 6.07) is 3.82. The monoisotopic (exact) mass is 354 g/mol. The summed E-state index contributed by atoms with van der Waals surface area (Å²) >= 11 is 2.96. The second-order valence-corrected chi connectivity index (χ2v) is 4.84. The van der Waals surface area contributed by atoms with Gasteiger partial charge in [0.15, 0.2) is 0 Å². The first kappa shape index (κ1) is 16.8. The average molecular weight is 355 g/mol. The van der Waals surface area contributed by atoms with E-state index in [9.17, 15) is 18.0 Å². The molecule has 0 fully saturated rings. The van der Waals surface area contributed by atoms with E-state index in [1.165, 1.54) is 12.1 Å². The summed E-state index contributed by atoms with van der Waals surface area (Å²) < 4.78 is 40.2. The molecule has 0 aromatic heterocycles. The Labute approximate surface area is 122 Å². The number of alkyl halides is 3. The van der Waals surface area contributed by atoms with Gasteiger partial charge in [-0.2, -0.15) is 0 Å². The van der Waals surface area contributed by atoms with Gasteiger partial charge in [0.1, 0.15) is 5.75 Å². The predicted octanol–water partition coefficient (Wildman–Crippen LogP) is 3.42. The number of hydrogen-bond acceptors (Lipinski definition) is 3. The van der Waals surface area contributed by atoms with Gasteiger partial charge in [-0.3, -0.25) is 4.79 Å². The van der Waals surface area contributed by atoms with Crippen molar-refractivity contribution in [1.82, 2.24) is 0 Å². The number of rotatable bonds is 6. The Bertz CT molecular complexity index is 467. The third-order valence-electron chi connectivity index (χ3n) is 2.30. The van der Waals surface area contributed by atoms with Crippen molar-refractivity contribution in [1.29, 1.82) is 0 Å². The molecule has 0 aliphatic rings. The molecule has 0 aliphatic carbocycles. The van der Waals surface area contributed by atoms with E-state index < -0.39 is 6.36 Å². The van der Waals surface area contributed by atoms with E-state index in [0.29, 0.717) is 25.1 Å². The molecule has 1 amide bonds. The van der Waals surface area contributed by atoms with Gasteiger partial charge in [-0.05, 0) is 53.5 Å². The van der Waals surface area contributed by atoms with Gasteiger partial charge in [0, 0.05) is 12.1 Å². The molecule has 0 heterocycles. The Morgan fingerprint density at radius 3 is 2.60 bits per heavy atom. The van der Waals surface area contributed by atoms with E-state index in [1.54, 1.807) is 0 Å². The van der Waals surface area contributed by atoms with Crippen molar-refractivity contribution in [2.75, 3.05) is 11.9 Å². The van der Waals surface area contributed by atoms with Crippen LogP contribution < -0.4 is 15.8 Å². The van der Waals surface area contributed by atoms with Crippen LogP contribution in [0.4, 0.5) is 18.9 Å². The van der Waals surface area contributed by atoms with Crippen LogP contribution in [-0.4, -0.2) is 18.8 Å². The van der Waals surface area contributed by atoms with E-state index in [1.807, 2.05) is 0 Å². The fourth-order valence-corrected chi connectivity index (χ4v) is 1.90. The number of ether oxygens (including phenoxy) is 1. The molecule has 0 spiro atoms. The van der Waals surface area contributed by atoms with Crippen molar-refractivity contribution in [3.05, 3.63) is 22.7 Å². The summed E-state index contributed by atoms with van der Waals surface area (Å²) in [4.78, 5) is 11.5. The minimum atomic E-state index is -4.75. The van der Waals surface area contributed by atoms with Crippen LogP contribution in [0.1, 0.15) is 19.3 Å². The largest absolute Gasteiger partial charge is 0.573 e. The van der Waals surface area contributed by atoms with Crippen LogP contribution in [0.2, 0.25) is 0 Å². The van der Waals surface area contributed by atoms with Gasteiger partial charge in [-0.1, -0.05) is 0 Å². The predicted molar refractivity (Wildman–Crippen MR) is 72.4 cm³/mol. The van der Waals surface area contributed by atoms with E-state index in [0.717, 1.165) is 12.5 Å². The van der Waals surface area contributed by atoms with Gasteiger partial charge in [0.2, 0.25) is 5.91 Å². The summed E-state index contributed by atoms with van der Waals surface area (Å²) in [5.41, 5.74) is 5.70. The number of amides is 1. The lowest BCUT2D eigenvalue weighted by Gasteiger charge is -2.12. The third-order valence-corrected chi connectivity index (χ3v) is 2.92. The number of hydrogen-bond donors (Lipinski definition) is 2. The molecule has 1 aromatic rings. The highest BCUT2D eigenvalue weighted by Gasteiger charge is 2.31. The van der Waals surface area contributed by atoms with Crippen molar-refractivity contribution >= 4 is 27.5 Å². The summed E-state index contributed by atoms with van der Waals surface area (Å²) in [6.45, 7) is 0.516. The summed E-state index contributed by atoms with van der Waals surface area (Å²) in [6.07, 6.45) is -3.03. The molecule has 3 N–H and O–H groups in total. The number of nitrogens with two attached hydrogens (primary N) is 1. The molecular formula is C12H14BrF3N2O2. The van der Waals surface area contributed by atoms with E-state index in [4.69, 9.17) is 5.73 Å². The lowest BCUT2D eigenvalue weighted by molar-refractivity contribution is -0.274. The summed E-state index contributed by atoms with van der Waals surface area (Å²) in [5, 5.41) is 2.59. The minimum Gasteiger partial charge on any atom is -0.405 e. The van der Waals surface area contributed by atoms with E-state index in [-0.39, 0.29) is 16.1 Å². The molecule has 0 aliphatic heterocycles. The number of carbonyl (C=O) groups excluding carboxylic acids is 1. The van der Waals surface area contributed by atoms with Crippen LogP contribution in [0.15, 0.2) is 22.7 Å². The fourth-order valence-electron chi connectivity index (χ4n) is 1.44. The van der Waals surface area contributed by atoms with Crippen LogP contribution in [0.3, 0.4) is 0 Å². The Hall–Kier alpha value is -1.28.